The van der Waals surface area contributed by atoms with Crippen LogP contribution in [0.15, 0.2) is 22.7 Å². The van der Waals surface area contributed by atoms with Crippen molar-refractivity contribution in [2.24, 2.45) is 0 Å². The second kappa shape index (κ2) is 4.45. The minimum absolute atomic E-state index is 0.693. The minimum Gasteiger partial charge on any atom is -0.316 e. The van der Waals surface area contributed by atoms with Crippen molar-refractivity contribution in [3.8, 4) is 0 Å². The summed E-state index contributed by atoms with van der Waals surface area (Å²) in [5, 5.41) is 3.46. The summed E-state index contributed by atoms with van der Waals surface area (Å²) >= 11 is 3.69. The molecule has 1 aromatic carbocycles. The number of nitrogens with one attached hydrogen (secondary N) is 1. The highest BCUT2D eigenvalue weighted by Gasteiger charge is 2.17. The van der Waals surface area contributed by atoms with Gasteiger partial charge in [-0.2, -0.15) is 0 Å². The van der Waals surface area contributed by atoms with Gasteiger partial charge in [0, 0.05) is 11.0 Å². The predicted octanol–water partition coefficient (Wildman–Crippen LogP) is 3.22. The number of rotatable bonds is 1. The molecule has 0 aliphatic carbocycles. The van der Waals surface area contributed by atoms with Crippen LogP contribution in [0.25, 0.3) is 0 Å². The predicted molar refractivity (Wildman–Crippen MR) is 63.7 cm³/mol. The zero-order chi connectivity index (χ0) is 9.97. The number of hydrogen-bond donors (Lipinski definition) is 1. The highest BCUT2D eigenvalue weighted by Crippen LogP contribution is 2.31. The summed E-state index contributed by atoms with van der Waals surface area (Å²) in [5.74, 6) is 0.693. The van der Waals surface area contributed by atoms with E-state index in [1.54, 1.807) is 0 Å². The molecule has 0 radical (unpaired) electrons. The molecule has 0 saturated carbocycles. The maximum absolute atomic E-state index is 3.69. The van der Waals surface area contributed by atoms with Gasteiger partial charge in [-0.05, 0) is 43.4 Å². The smallest absolute Gasteiger partial charge is 0.0239 e. The Bertz CT molecular complexity index is 316. The second-order valence-electron chi connectivity index (χ2n) is 4.02. The molecule has 1 N–H and O–H groups in total. The van der Waals surface area contributed by atoms with Crippen LogP contribution in [0, 0.1) is 6.92 Å². The topological polar surface area (TPSA) is 12.0 Å². The Labute approximate surface area is 94.0 Å². The van der Waals surface area contributed by atoms with E-state index in [9.17, 15) is 0 Å². The molecular weight excluding hydrogens is 238 g/mol. The maximum atomic E-state index is 3.69. The first-order valence-electron chi connectivity index (χ1n) is 5.25. The van der Waals surface area contributed by atoms with E-state index in [0.29, 0.717) is 5.92 Å². The van der Waals surface area contributed by atoms with Crippen molar-refractivity contribution in [2.45, 2.75) is 25.7 Å². The molecule has 2 rings (SSSR count). The molecule has 76 valence electrons. The molecular formula is C12H16BrN. The van der Waals surface area contributed by atoms with E-state index in [4.69, 9.17) is 0 Å². The third-order valence-corrected chi connectivity index (χ3v) is 4.04. The molecule has 1 heterocycles. The van der Waals surface area contributed by atoms with Crippen molar-refractivity contribution in [1.29, 1.82) is 0 Å². The first-order valence-corrected chi connectivity index (χ1v) is 6.04. The van der Waals surface area contributed by atoms with E-state index in [2.05, 4.69) is 46.4 Å². The van der Waals surface area contributed by atoms with Gasteiger partial charge in [-0.3, -0.25) is 0 Å². The Morgan fingerprint density at radius 3 is 3.00 bits per heavy atom. The summed E-state index contributed by atoms with van der Waals surface area (Å²) in [4.78, 5) is 0. The van der Waals surface area contributed by atoms with Gasteiger partial charge in [-0.1, -0.05) is 34.1 Å². The SMILES string of the molecule is Cc1cccc(C2CCCNC2)c1Br. The van der Waals surface area contributed by atoms with Crippen LogP contribution < -0.4 is 5.32 Å². The molecule has 1 fully saturated rings. The van der Waals surface area contributed by atoms with Gasteiger partial charge in [-0.15, -0.1) is 0 Å². The van der Waals surface area contributed by atoms with Gasteiger partial charge >= 0.3 is 0 Å². The maximum Gasteiger partial charge on any atom is 0.0239 e. The Kier molecular flexibility index (Phi) is 3.24. The molecule has 0 bridgehead atoms. The molecule has 0 spiro atoms. The Morgan fingerprint density at radius 2 is 2.29 bits per heavy atom. The molecule has 1 aliphatic rings. The van der Waals surface area contributed by atoms with Crippen LogP contribution in [0.2, 0.25) is 0 Å². The summed E-state index contributed by atoms with van der Waals surface area (Å²) in [6.07, 6.45) is 2.61. The monoisotopic (exact) mass is 253 g/mol. The van der Waals surface area contributed by atoms with Gasteiger partial charge in [0.25, 0.3) is 0 Å². The number of hydrogen-bond acceptors (Lipinski definition) is 1. The van der Waals surface area contributed by atoms with Gasteiger partial charge in [-0.25, -0.2) is 0 Å². The van der Waals surface area contributed by atoms with Gasteiger partial charge in [0.15, 0.2) is 0 Å². The van der Waals surface area contributed by atoms with E-state index >= 15 is 0 Å². The first kappa shape index (κ1) is 10.2. The Hall–Kier alpha value is -0.340. The fraction of sp³-hybridized carbons (Fsp3) is 0.500. The van der Waals surface area contributed by atoms with Crippen molar-refractivity contribution >= 4 is 15.9 Å². The van der Waals surface area contributed by atoms with Crippen LogP contribution >= 0.6 is 15.9 Å². The van der Waals surface area contributed by atoms with Crippen LogP contribution in [0.4, 0.5) is 0 Å². The summed E-state index contributed by atoms with van der Waals surface area (Å²) in [7, 11) is 0. The Morgan fingerprint density at radius 1 is 1.43 bits per heavy atom. The van der Waals surface area contributed by atoms with Crippen molar-refractivity contribution in [3.63, 3.8) is 0 Å². The van der Waals surface area contributed by atoms with Gasteiger partial charge in [0.1, 0.15) is 0 Å². The molecule has 0 aromatic heterocycles. The molecule has 2 heteroatoms. The number of halogens is 1. The Balaban J connectivity index is 2.26. The zero-order valence-electron chi connectivity index (χ0n) is 8.52. The molecule has 0 amide bonds. The van der Waals surface area contributed by atoms with E-state index < -0.39 is 0 Å². The highest BCUT2D eigenvalue weighted by atomic mass is 79.9. The van der Waals surface area contributed by atoms with Crippen LogP contribution in [0.1, 0.15) is 29.9 Å². The van der Waals surface area contributed by atoms with Gasteiger partial charge < -0.3 is 5.32 Å². The quantitative estimate of drug-likeness (QED) is 0.811. The number of benzene rings is 1. The largest absolute Gasteiger partial charge is 0.316 e. The molecule has 1 atom stereocenters. The fourth-order valence-electron chi connectivity index (χ4n) is 2.10. The van der Waals surface area contributed by atoms with Crippen molar-refractivity contribution < 1.29 is 0 Å². The van der Waals surface area contributed by atoms with E-state index in [1.165, 1.54) is 35.0 Å². The third-order valence-electron chi connectivity index (χ3n) is 2.96. The number of piperidine rings is 1. The summed E-state index contributed by atoms with van der Waals surface area (Å²) < 4.78 is 1.30. The average molecular weight is 254 g/mol. The third kappa shape index (κ3) is 2.01. The lowest BCUT2D eigenvalue weighted by Crippen LogP contribution is -2.28. The molecule has 1 unspecified atom stereocenters. The van der Waals surface area contributed by atoms with Crippen LogP contribution in [-0.4, -0.2) is 13.1 Å². The van der Waals surface area contributed by atoms with E-state index in [-0.39, 0.29) is 0 Å². The van der Waals surface area contributed by atoms with Crippen molar-refractivity contribution in [1.82, 2.24) is 5.32 Å². The molecule has 1 nitrogen and oxygen atoms in total. The second-order valence-corrected chi connectivity index (χ2v) is 4.81. The van der Waals surface area contributed by atoms with Crippen molar-refractivity contribution in [2.75, 3.05) is 13.1 Å². The number of aryl methyl sites for hydroxylation is 1. The average Bonchev–Trinajstić information content (AvgIpc) is 2.23. The summed E-state index contributed by atoms with van der Waals surface area (Å²) in [6.45, 7) is 4.46. The van der Waals surface area contributed by atoms with E-state index in [1.807, 2.05) is 0 Å². The minimum atomic E-state index is 0.693. The van der Waals surface area contributed by atoms with Gasteiger partial charge in [0.05, 0.1) is 0 Å². The lowest BCUT2D eigenvalue weighted by molar-refractivity contribution is 0.460. The lowest BCUT2D eigenvalue weighted by Gasteiger charge is -2.24. The molecule has 1 aromatic rings. The first-order chi connectivity index (χ1) is 6.79. The van der Waals surface area contributed by atoms with Gasteiger partial charge in [0.2, 0.25) is 0 Å². The van der Waals surface area contributed by atoms with Crippen molar-refractivity contribution in [3.05, 3.63) is 33.8 Å². The normalized spacial score (nSPS) is 22.3. The summed E-state index contributed by atoms with van der Waals surface area (Å²) in [5.41, 5.74) is 2.81. The van der Waals surface area contributed by atoms with Crippen LogP contribution in [-0.2, 0) is 0 Å². The molecule has 1 aliphatic heterocycles. The lowest BCUT2D eigenvalue weighted by atomic mass is 9.91. The molecule has 14 heavy (non-hydrogen) atoms. The van der Waals surface area contributed by atoms with E-state index in [0.717, 1.165) is 6.54 Å². The zero-order valence-corrected chi connectivity index (χ0v) is 10.1. The highest BCUT2D eigenvalue weighted by molar-refractivity contribution is 9.10. The standard InChI is InChI=1S/C12H16BrN/c1-9-4-2-6-11(12(9)13)10-5-3-7-14-8-10/h2,4,6,10,14H,3,5,7-8H2,1H3. The molecule has 1 saturated heterocycles. The fourth-order valence-corrected chi connectivity index (χ4v) is 2.69. The van der Waals surface area contributed by atoms with Crippen LogP contribution in [0.3, 0.4) is 0 Å². The van der Waals surface area contributed by atoms with Crippen LogP contribution in [0.5, 0.6) is 0 Å². The summed E-state index contributed by atoms with van der Waals surface area (Å²) in [6, 6.07) is 6.56.